The van der Waals surface area contributed by atoms with Crippen LogP contribution in [-0.2, 0) is 13.6 Å². The number of hydrogen-bond donors (Lipinski definition) is 0. The number of ether oxygens (including phenoxy) is 1. The molecular weight excluding hydrogens is 496 g/mol. The summed E-state index contributed by atoms with van der Waals surface area (Å²) in [7, 11) is 3.78. The van der Waals surface area contributed by atoms with E-state index in [1.165, 1.54) is 32.7 Å². The van der Waals surface area contributed by atoms with Gasteiger partial charge in [0, 0.05) is 65.5 Å². The van der Waals surface area contributed by atoms with Crippen LogP contribution >= 0.6 is 22.9 Å². The van der Waals surface area contributed by atoms with E-state index in [0.717, 1.165) is 57.0 Å². The largest absolute Gasteiger partial charge is 0.489 e. The first kappa shape index (κ1) is 24.7. The topological polar surface area (TPSA) is 69.4 Å². The van der Waals surface area contributed by atoms with Gasteiger partial charge in [0.15, 0.2) is 0 Å². The summed E-state index contributed by atoms with van der Waals surface area (Å²) in [5.74, 6) is 1.25. The third-order valence-corrected chi connectivity index (χ3v) is 8.21. The standard InChI is InChI=1S/C27H29ClN4O3S/c1-16-11-18(28)12-21(25(16)35-23-6-9-30(3)14-17(23)2)20-5-8-29-22-13-19(36-26(20)22)15-32-24(33)7-10-31(4)27(32)34/h5,7-8,10-13,17,23H,6,9,14-15H2,1-4H3/t17-,23+/m0/s1. The number of aryl methyl sites for hydroxylation is 2. The van der Waals surface area contributed by atoms with Crippen LogP contribution in [0.3, 0.4) is 0 Å². The second-order valence-electron chi connectivity index (χ2n) is 9.70. The van der Waals surface area contributed by atoms with E-state index in [1.807, 2.05) is 31.2 Å². The molecule has 36 heavy (non-hydrogen) atoms. The van der Waals surface area contributed by atoms with Crippen molar-refractivity contribution in [2.75, 3.05) is 20.1 Å². The lowest BCUT2D eigenvalue weighted by molar-refractivity contribution is 0.0639. The number of benzene rings is 1. The van der Waals surface area contributed by atoms with Crippen LogP contribution in [0.4, 0.5) is 0 Å². The fourth-order valence-corrected chi connectivity index (χ4v) is 6.34. The van der Waals surface area contributed by atoms with E-state index < -0.39 is 0 Å². The van der Waals surface area contributed by atoms with Gasteiger partial charge in [-0.05, 0) is 50.2 Å². The van der Waals surface area contributed by atoms with Crippen molar-refractivity contribution in [3.05, 3.63) is 79.0 Å². The highest BCUT2D eigenvalue weighted by molar-refractivity contribution is 7.19. The molecule has 0 aliphatic carbocycles. The summed E-state index contributed by atoms with van der Waals surface area (Å²) in [5.41, 5.74) is 3.04. The molecule has 1 aliphatic rings. The highest BCUT2D eigenvalue weighted by atomic mass is 35.5. The predicted molar refractivity (Wildman–Crippen MR) is 146 cm³/mol. The van der Waals surface area contributed by atoms with Crippen LogP contribution in [0, 0.1) is 12.8 Å². The molecule has 3 aromatic heterocycles. The summed E-state index contributed by atoms with van der Waals surface area (Å²) in [6.07, 6.45) is 4.35. The number of pyridine rings is 1. The minimum absolute atomic E-state index is 0.122. The van der Waals surface area contributed by atoms with Crippen LogP contribution < -0.4 is 16.0 Å². The smallest absolute Gasteiger partial charge is 0.331 e. The number of piperidine rings is 1. The van der Waals surface area contributed by atoms with E-state index in [9.17, 15) is 9.59 Å². The summed E-state index contributed by atoms with van der Waals surface area (Å²) >= 11 is 8.05. The minimum Gasteiger partial charge on any atom is -0.489 e. The third kappa shape index (κ3) is 4.73. The second-order valence-corrected chi connectivity index (χ2v) is 11.3. The zero-order valence-electron chi connectivity index (χ0n) is 20.8. The van der Waals surface area contributed by atoms with E-state index in [-0.39, 0.29) is 23.9 Å². The van der Waals surface area contributed by atoms with Crippen LogP contribution in [0.2, 0.25) is 5.02 Å². The first-order valence-corrected chi connectivity index (χ1v) is 13.2. The SMILES string of the molecule is Cc1cc(Cl)cc(-c2ccnc3cc(Cn4c(=O)ccn(C)c4=O)sc23)c1O[C@@H]1CCN(C)C[C@@H]1C. The lowest BCUT2D eigenvalue weighted by atomic mass is 9.96. The molecule has 1 aromatic carbocycles. The maximum absolute atomic E-state index is 12.5. The maximum atomic E-state index is 12.5. The number of likely N-dealkylation sites (tertiary alicyclic amines) is 1. The zero-order valence-corrected chi connectivity index (χ0v) is 22.4. The van der Waals surface area contributed by atoms with Gasteiger partial charge in [-0.2, -0.15) is 0 Å². The van der Waals surface area contributed by atoms with Crippen molar-refractivity contribution < 1.29 is 4.74 Å². The lowest BCUT2D eigenvalue weighted by Crippen LogP contribution is -2.42. The molecule has 1 saturated heterocycles. The van der Waals surface area contributed by atoms with Gasteiger partial charge in [0.2, 0.25) is 0 Å². The van der Waals surface area contributed by atoms with Crippen LogP contribution in [0.1, 0.15) is 23.8 Å². The first-order chi connectivity index (χ1) is 17.2. The molecule has 0 spiro atoms. The fourth-order valence-electron chi connectivity index (χ4n) is 4.94. The molecule has 4 aromatic rings. The van der Waals surface area contributed by atoms with E-state index >= 15 is 0 Å². The summed E-state index contributed by atoms with van der Waals surface area (Å²) in [6.45, 7) is 6.46. The number of hydrogen-bond acceptors (Lipinski definition) is 6. The molecule has 0 bridgehead atoms. The number of fused-ring (bicyclic) bond motifs is 1. The summed E-state index contributed by atoms with van der Waals surface area (Å²) in [5, 5.41) is 0.646. The molecule has 0 radical (unpaired) electrons. The molecule has 0 N–H and O–H groups in total. The Morgan fingerprint density at radius 2 is 1.97 bits per heavy atom. The molecule has 1 aliphatic heterocycles. The quantitative estimate of drug-likeness (QED) is 0.383. The molecular formula is C27H29ClN4O3S. The fraction of sp³-hybridized carbons (Fsp3) is 0.370. The third-order valence-electron chi connectivity index (χ3n) is 6.84. The van der Waals surface area contributed by atoms with Crippen LogP contribution in [0.25, 0.3) is 21.3 Å². The van der Waals surface area contributed by atoms with Gasteiger partial charge in [-0.3, -0.25) is 14.3 Å². The molecule has 7 nitrogen and oxygen atoms in total. The van der Waals surface area contributed by atoms with Crippen molar-refractivity contribution >= 4 is 33.2 Å². The first-order valence-electron chi connectivity index (χ1n) is 12.0. The summed E-state index contributed by atoms with van der Waals surface area (Å²) in [4.78, 5) is 32.7. The molecule has 2 atom stereocenters. The average Bonchev–Trinajstić information content (AvgIpc) is 3.25. The van der Waals surface area contributed by atoms with Crippen molar-refractivity contribution in [3.63, 3.8) is 0 Å². The Bertz CT molecular complexity index is 1560. The van der Waals surface area contributed by atoms with Crippen molar-refractivity contribution in [2.24, 2.45) is 13.0 Å². The normalized spacial score (nSPS) is 18.6. The van der Waals surface area contributed by atoms with Gasteiger partial charge in [0.25, 0.3) is 5.56 Å². The Morgan fingerprint density at radius 1 is 1.17 bits per heavy atom. The Labute approximate surface area is 218 Å². The Morgan fingerprint density at radius 3 is 2.75 bits per heavy atom. The van der Waals surface area contributed by atoms with Crippen molar-refractivity contribution in [2.45, 2.75) is 32.9 Å². The molecule has 0 unspecified atom stereocenters. The van der Waals surface area contributed by atoms with E-state index in [0.29, 0.717) is 10.9 Å². The van der Waals surface area contributed by atoms with E-state index in [1.54, 1.807) is 13.2 Å². The Balaban J connectivity index is 1.58. The molecule has 0 amide bonds. The van der Waals surface area contributed by atoms with Gasteiger partial charge in [0.1, 0.15) is 11.9 Å². The zero-order chi connectivity index (χ0) is 25.6. The lowest BCUT2D eigenvalue weighted by Gasteiger charge is -2.35. The van der Waals surface area contributed by atoms with E-state index in [4.69, 9.17) is 16.3 Å². The van der Waals surface area contributed by atoms with Crippen LogP contribution in [0.15, 0.2) is 52.3 Å². The van der Waals surface area contributed by atoms with Crippen LogP contribution in [-0.4, -0.2) is 45.3 Å². The van der Waals surface area contributed by atoms with Gasteiger partial charge in [-0.15, -0.1) is 11.3 Å². The predicted octanol–water partition coefficient (Wildman–Crippen LogP) is 4.55. The molecule has 9 heteroatoms. The second kappa shape index (κ2) is 9.84. The van der Waals surface area contributed by atoms with Gasteiger partial charge >= 0.3 is 5.69 Å². The Hall–Kier alpha value is -2.94. The average molecular weight is 525 g/mol. The number of aromatic nitrogens is 3. The van der Waals surface area contributed by atoms with E-state index in [2.05, 4.69) is 23.9 Å². The van der Waals surface area contributed by atoms with Gasteiger partial charge in [-0.25, -0.2) is 4.79 Å². The summed E-state index contributed by atoms with van der Waals surface area (Å²) < 4.78 is 10.3. The highest BCUT2D eigenvalue weighted by Crippen LogP contribution is 2.42. The van der Waals surface area contributed by atoms with Gasteiger partial charge < -0.3 is 14.2 Å². The highest BCUT2D eigenvalue weighted by Gasteiger charge is 2.28. The molecule has 188 valence electrons. The number of thiophene rings is 1. The molecule has 5 rings (SSSR count). The molecule has 0 saturated carbocycles. The monoisotopic (exact) mass is 524 g/mol. The maximum Gasteiger partial charge on any atom is 0.331 e. The van der Waals surface area contributed by atoms with Crippen molar-refractivity contribution in [3.8, 4) is 16.9 Å². The molecule has 1 fully saturated rings. The number of rotatable bonds is 5. The van der Waals surface area contributed by atoms with Crippen LogP contribution in [0.5, 0.6) is 5.75 Å². The van der Waals surface area contributed by atoms with Crippen molar-refractivity contribution in [1.82, 2.24) is 19.0 Å². The number of halogens is 1. The minimum atomic E-state index is -0.346. The van der Waals surface area contributed by atoms with Gasteiger partial charge in [-0.1, -0.05) is 18.5 Å². The Kier molecular flexibility index (Phi) is 6.76. The molecule has 4 heterocycles. The van der Waals surface area contributed by atoms with Gasteiger partial charge in [0.05, 0.1) is 16.8 Å². The summed E-state index contributed by atoms with van der Waals surface area (Å²) in [6, 6.07) is 9.22. The number of nitrogens with zero attached hydrogens (tertiary/aromatic N) is 4. The van der Waals surface area contributed by atoms with Crippen molar-refractivity contribution in [1.29, 1.82) is 0 Å².